The molecule has 28 heavy (non-hydrogen) atoms. The van der Waals surface area contributed by atoms with Gasteiger partial charge < -0.3 is 14.1 Å². The largest absolute Gasteiger partial charge is 0.486 e. The van der Waals surface area contributed by atoms with Gasteiger partial charge in [0.2, 0.25) is 0 Å². The Balaban J connectivity index is 1.94. The highest BCUT2D eigenvalue weighted by molar-refractivity contribution is 5.78. The minimum atomic E-state index is -0.276. The third kappa shape index (κ3) is 4.82. The summed E-state index contributed by atoms with van der Waals surface area (Å²) in [4.78, 5) is 14.4. The monoisotopic (exact) mass is 379 g/mol. The number of ether oxygens (including phenoxy) is 1. The van der Waals surface area contributed by atoms with Gasteiger partial charge in [-0.15, -0.1) is 0 Å². The third-order valence-corrected chi connectivity index (χ3v) is 4.80. The predicted molar refractivity (Wildman–Crippen MR) is 114 cm³/mol. The molecule has 1 atom stereocenters. The van der Waals surface area contributed by atoms with Crippen molar-refractivity contribution in [2.45, 2.75) is 38.7 Å². The second-order valence-corrected chi connectivity index (χ2v) is 8.51. The third-order valence-electron chi connectivity index (χ3n) is 4.80. The van der Waals surface area contributed by atoms with Crippen molar-refractivity contribution in [2.24, 2.45) is 0 Å². The molecule has 0 fully saturated rings. The van der Waals surface area contributed by atoms with Crippen molar-refractivity contribution >= 4 is 11.0 Å². The fourth-order valence-electron chi connectivity index (χ4n) is 3.20. The molecule has 4 heteroatoms. The van der Waals surface area contributed by atoms with Crippen LogP contribution in [0.5, 0.6) is 5.75 Å². The summed E-state index contributed by atoms with van der Waals surface area (Å²) in [6.45, 7) is 6.96. The second-order valence-electron chi connectivity index (χ2n) is 8.51. The first-order chi connectivity index (χ1) is 13.2. The standard InChI is InChI=1S/C24H29NO3/c1-24(2,3)20-16-18-15-19(11-12-21(18)28-23(20)26)27-22(13-14-25(4)5)17-9-7-6-8-10-17/h6-12,15-16,22H,13-14H2,1-5H3. The molecule has 1 heterocycles. The number of rotatable bonds is 6. The Morgan fingerprint density at radius 1 is 1.04 bits per heavy atom. The first-order valence-electron chi connectivity index (χ1n) is 9.69. The van der Waals surface area contributed by atoms with Crippen LogP contribution in [0.3, 0.4) is 0 Å². The zero-order chi connectivity index (χ0) is 20.3. The lowest BCUT2D eigenvalue weighted by atomic mass is 9.88. The van der Waals surface area contributed by atoms with Gasteiger partial charge >= 0.3 is 5.63 Å². The van der Waals surface area contributed by atoms with E-state index in [1.807, 2.05) is 63.2 Å². The summed E-state index contributed by atoms with van der Waals surface area (Å²) < 4.78 is 11.9. The number of fused-ring (bicyclic) bond motifs is 1. The van der Waals surface area contributed by atoms with E-state index in [2.05, 4.69) is 31.1 Å². The molecule has 1 unspecified atom stereocenters. The van der Waals surface area contributed by atoms with Gasteiger partial charge in [-0.25, -0.2) is 4.79 Å². The van der Waals surface area contributed by atoms with E-state index in [1.165, 1.54) is 0 Å². The summed E-state index contributed by atoms with van der Waals surface area (Å²) in [7, 11) is 4.13. The van der Waals surface area contributed by atoms with Gasteiger partial charge in [-0.3, -0.25) is 0 Å². The van der Waals surface area contributed by atoms with E-state index < -0.39 is 0 Å². The molecule has 4 nitrogen and oxygen atoms in total. The van der Waals surface area contributed by atoms with Crippen LogP contribution in [0.25, 0.3) is 11.0 Å². The molecule has 0 aliphatic carbocycles. The SMILES string of the molecule is CN(C)CCC(Oc1ccc2oc(=O)c(C(C)(C)C)cc2c1)c1ccccc1. The predicted octanol–water partition coefficient (Wildman–Crippen LogP) is 5.16. The highest BCUT2D eigenvalue weighted by Crippen LogP contribution is 2.29. The van der Waals surface area contributed by atoms with Gasteiger partial charge in [0.1, 0.15) is 17.4 Å². The first kappa shape index (κ1) is 20.2. The summed E-state index contributed by atoms with van der Waals surface area (Å²) in [6.07, 6.45) is 0.838. The molecule has 0 saturated heterocycles. The quantitative estimate of drug-likeness (QED) is 0.555. The van der Waals surface area contributed by atoms with Crippen LogP contribution in [0.1, 0.15) is 44.4 Å². The lowest BCUT2D eigenvalue weighted by molar-refractivity contribution is 0.179. The molecule has 0 aliphatic rings. The minimum Gasteiger partial charge on any atom is -0.486 e. The van der Waals surface area contributed by atoms with Crippen molar-refractivity contribution in [2.75, 3.05) is 20.6 Å². The Bertz CT molecular complexity index is 984. The molecule has 3 aromatic rings. The fourth-order valence-corrected chi connectivity index (χ4v) is 3.20. The average Bonchev–Trinajstić information content (AvgIpc) is 2.64. The Morgan fingerprint density at radius 2 is 1.75 bits per heavy atom. The highest BCUT2D eigenvalue weighted by atomic mass is 16.5. The molecule has 0 N–H and O–H groups in total. The van der Waals surface area contributed by atoms with Gasteiger partial charge in [-0.05, 0) is 49.3 Å². The van der Waals surface area contributed by atoms with Crippen molar-refractivity contribution in [1.82, 2.24) is 4.90 Å². The van der Waals surface area contributed by atoms with Gasteiger partial charge in [0, 0.05) is 23.9 Å². The van der Waals surface area contributed by atoms with Crippen LogP contribution in [-0.2, 0) is 5.41 Å². The van der Waals surface area contributed by atoms with Crippen molar-refractivity contribution in [1.29, 1.82) is 0 Å². The molecule has 2 aromatic carbocycles. The van der Waals surface area contributed by atoms with Crippen LogP contribution >= 0.6 is 0 Å². The van der Waals surface area contributed by atoms with E-state index in [1.54, 1.807) is 0 Å². The van der Waals surface area contributed by atoms with Crippen molar-refractivity contribution in [3.63, 3.8) is 0 Å². The minimum absolute atomic E-state index is 0.0427. The Kier molecular flexibility index (Phi) is 5.90. The van der Waals surface area contributed by atoms with Gasteiger partial charge in [0.25, 0.3) is 0 Å². The molecule has 0 bridgehead atoms. The number of nitrogens with zero attached hydrogens (tertiary/aromatic N) is 1. The molecule has 0 radical (unpaired) electrons. The van der Waals surface area contributed by atoms with Crippen molar-refractivity contribution < 1.29 is 9.15 Å². The fraction of sp³-hybridized carbons (Fsp3) is 0.375. The molecule has 0 amide bonds. The highest BCUT2D eigenvalue weighted by Gasteiger charge is 2.20. The first-order valence-corrected chi connectivity index (χ1v) is 9.69. The summed E-state index contributed by atoms with van der Waals surface area (Å²) in [6, 6.07) is 17.8. The second kappa shape index (κ2) is 8.19. The van der Waals surface area contributed by atoms with Gasteiger partial charge in [-0.1, -0.05) is 51.1 Å². The molecular weight excluding hydrogens is 350 g/mol. The van der Waals surface area contributed by atoms with Crippen LogP contribution in [-0.4, -0.2) is 25.5 Å². The lowest BCUT2D eigenvalue weighted by Crippen LogP contribution is -2.21. The van der Waals surface area contributed by atoms with E-state index in [-0.39, 0.29) is 17.1 Å². The summed E-state index contributed by atoms with van der Waals surface area (Å²) in [5.41, 5.74) is 1.85. The number of hydrogen-bond acceptors (Lipinski definition) is 4. The normalized spacial score (nSPS) is 13.1. The van der Waals surface area contributed by atoms with Crippen LogP contribution in [0.4, 0.5) is 0 Å². The van der Waals surface area contributed by atoms with E-state index in [0.717, 1.165) is 29.7 Å². The van der Waals surface area contributed by atoms with Crippen molar-refractivity contribution in [3.05, 3.63) is 76.1 Å². The van der Waals surface area contributed by atoms with Crippen LogP contribution < -0.4 is 10.4 Å². The Hall–Kier alpha value is -2.59. The van der Waals surface area contributed by atoms with Gasteiger partial charge in [0.15, 0.2) is 0 Å². The van der Waals surface area contributed by atoms with Crippen LogP contribution in [0, 0.1) is 0 Å². The van der Waals surface area contributed by atoms with Crippen LogP contribution in [0.2, 0.25) is 0 Å². The van der Waals surface area contributed by atoms with Crippen LogP contribution in [0.15, 0.2) is 63.8 Å². The van der Waals surface area contributed by atoms with E-state index in [4.69, 9.17) is 9.15 Å². The Morgan fingerprint density at radius 3 is 2.39 bits per heavy atom. The maximum Gasteiger partial charge on any atom is 0.339 e. The Labute approximate surface area is 166 Å². The zero-order valence-corrected chi connectivity index (χ0v) is 17.4. The maximum absolute atomic E-state index is 12.3. The van der Waals surface area contributed by atoms with E-state index >= 15 is 0 Å². The molecule has 148 valence electrons. The smallest absolute Gasteiger partial charge is 0.339 e. The van der Waals surface area contributed by atoms with Gasteiger partial charge in [-0.2, -0.15) is 0 Å². The lowest BCUT2D eigenvalue weighted by Gasteiger charge is -2.22. The van der Waals surface area contributed by atoms with E-state index in [9.17, 15) is 4.79 Å². The molecule has 0 spiro atoms. The van der Waals surface area contributed by atoms with Crippen molar-refractivity contribution in [3.8, 4) is 5.75 Å². The summed E-state index contributed by atoms with van der Waals surface area (Å²) >= 11 is 0. The summed E-state index contributed by atoms with van der Waals surface area (Å²) in [5.74, 6) is 0.772. The molecule has 0 saturated carbocycles. The van der Waals surface area contributed by atoms with Gasteiger partial charge in [0.05, 0.1) is 0 Å². The van der Waals surface area contributed by atoms with E-state index in [0.29, 0.717) is 11.1 Å². The maximum atomic E-state index is 12.3. The molecule has 0 aliphatic heterocycles. The topological polar surface area (TPSA) is 42.7 Å². The number of benzene rings is 2. The summed E-state index contributed by atoms with van der Waals surface area (Å²) in [5, 5.41) is 0.876. The number of hydrogen-bond donors (Lipinski definition) is 0. The zero-order valence-electron chi connectivity index (χ0n) is 17.4. The average molecular weight is 380 g/mol. The molecular formula is C24H29NO3. The molecule has 3 rings (SSSR count). The molecule has 1 aromatic heterocycles.